The van der Waals surface area contributed by atoms with E-state index in [9.17, 15) is 0 Å². The first-order valence-electron chi connectivity index (χ1n) is 7.61. The van der Waals surface area contributed by atoms with Gasteiger partial charge in [-0.3, -0.25) is 9.80 Å². The number of nitrogens with zero attached hydrogens (tertiary/aromatic N) is 2. The Bertz CT molecular complexity index is 197. The van der Waals surface area contributed by atoms with Gasteiger partial charge in [0.2, 0.25) is 0 Å². The van der Waals surface area contributed by atoms with Crippen LogP contribution in [-0.4, -0.2) is 40.6 Å². The average molecular weight is 238 g/mol. The number of rotatable bonds is 2. The van der Waals surface area contributed by atoms with Crippen molar-refractivity contribution in [2.45, 2.75) is 90.4 Å². The first-order chi connectivity index (χ1) is 8.09. The molecule has 2 heterocycles. The Morgan fingerprint density at radius 1 is 0.647 bits per heavy atom. The van der Waals surface area contributed by atoms with Crippen molar-refractivity contribution in [1.82, 2.24) is 9.80 Å². The van der Waals surface area contributed by atoms with Gasteiger partial charge in [-0.1, -0.05) is 12.8 Å². The van der Waals surface area contributed by atoms with Crippen LogP contribution in [0.3, 0.4) is 0 Å². The van der Waals surface area contributed by atoms with Crippen LogP contribution >= 0.6 is 0 Å². The summed E-state index contributed by atoms with van der Waals surface area (Å²) in [6.45, 7) is 10.8. The van der Waals surface area contributed by atoms with Gasteiger partial charge in [-0.25, -0.2) is 0 Å². The summed E-state index contributed by atoms with van der Waals surface area (Å²) in [4.78, 5) is 5.48. The molecule has 0 radical (unpaired) electrons. The van der Waals surface area contributed by atoms with E-state index in [-0.39, 0.29) is 0 Å². The van der Waals surface area contributed by atoms with E-state index in [1.807, 2.05) is 0 Å². The van der Waals surface area contributed by atoms with Crippen LogP contribution < -0.4 is 0 Å². The number of hydrogen-bond acceptors (Lipinski definition) is 2. The van der Waals surface area contributed by atoms with Crippen molar-refractivity contribution in [2.75, 3.05) is 6.67 Å². The van der Waals surface area contributed by atoms with E-state index in [2.05, 4.69) is 37.5 Å². The van der Waals surface area contributed by atoms with E-state index in [1.165, 1.54) is 45.2 Å². The van der Waals surface area contributed by atoms with Crippen molar-refractivity contribution < 1.29 is 0 Å². The molecule has 2 rings (SSSR count). The van der Waals surface area contributed by atoms with E-state index in [1.54, 1.807) is 0 Å². The Morgan fingerprint density at radius 3 is 1.24 bits per heavy atom. The molecule has 2 fully saturated rings. The van der Waals surface area contributed by atoms with E-state index < -0.39 is 0 Å². The highest BCUT2D eigenvalue weighted by molar-refractivity contribution is 4.84. The maximum absolute atomic E-state index is 2.74. The molecule has 2 heteroatoms. The third-order valence-electron chi connectivity index (χ3n) is 5.08. The highest BCUT2D eigenvalue weighted by atomic mass is 15.4. The van der Waals surface area contributed by atoms with Gasteiger partial charge in [-0.05, 0) is 53.4 Å². The van der Waals surface area contributed by atoms with Crippen LogP contribution in [-0.2, 0) is 0 Å². The van der Waals surface area contributed by atoms with Gasteiger partial charge in [0.15, 0.2) is 0 Å². The molecule has 0 aliphatic carbocycles. The zero-order valence-corrected chi connectivity index (χ0v) is 12.2. The summed E-state index contributed by atoms with van der Waals surface area (Å²) < 4.78 is 0. The fourth-order valence-corrected chi connectivity index (χ4v) is 3.70. The van der Waals surface area contributed by atoms with Crippen molar-refractivity contribution in [3.8, 4) is 0 Å². The average Bonchev–Trinajstić information content (AvgIpc) is 2.27. The zero-order chi connectivity index (χ0) is 12.4. The Labute approximate surface area is 107 Å². The minimum atomic E-state index is 0.778. The highest BCUT2D eigenvalue weighted by Crippen LogP contribution is 2.27. The van der Waals surface area contributed by atoms with E-state index in [0.29, 0.717) is 0 Å². The Kier molecular flexibility index (Phi) is 4.48. The van der Waals surface area contributed by atoms with Crippen molar-refractivity contribution in [3.05, 3.63) is 0 Å². The summed E-state index contributed by atoms with van der Waals surface area (Å²) in [6, 6.07) is 3.11. The monoisotopic (exact) mass is 238 g/mol. The third kappa shape index (κ3) is 3.03. The summed E-state index contributed by atoms with van der Waals surface area (Å²) in [7, 11) is 0. The second kappa shape index (κ2) is 5.71. The van der Waals surface area contributed by atoms with Crippen LogP contribution in [0, 0.1) is 0 Å². The summed E-state index contributed by atoms with van der Waals surface area (Å²) in [5.41, 5.74) is 0. The van der Waals surface area contributed by atoms with E-state index >= 15 is 0 Å². The minimum Gasteiger partial charge on any atom is -0.285 e. The van der Waals surface area contributed by atoms with Crippen LogP contribution in [0.15, 0.2) is 0 Å². The Hall–Kier alpha value is -0.0800. The van der Waals surface area contributed by atoms with Crippen molar-refractivity contribution in [1.29, 1.82) is 0 Å². The molecule has 2 saturated heterocycles. The number of hydrogen-bond donors (Lipinski definition) is 0. The van der Waals surface area contributed by atoms with Crippen LogP contribution in [0.2, 0.25) is 0 Å². The molecule has 0 saturated carbocycles. The predicted octanol–water partition coefficient (Wildman–Crippen LogP) is 3.47. The molecule has 4 unspecified atom stereocenters. The first kappa shape index (κ1) is 13.4. The molecule has 0 spiro atoms. The van der Waals surface area contributed by atoms with Crippen LogP contribution in [0.25, 0.3) is 0 Å². The lowest BCUT2D eigenvalue weighted by Gasteiger charge is -2.47. The summed E-state index contributed by atoms with van der Waals surface area (Å²) in [5, 5.41) is 0. The molecule has 2 aliphatic heterocycles. The van der Waals surface area contributed by atoms with Gasteiger partial charge in [0.05, 0.1) is 6.67 Å². The molecule has 2 aliphatic rings. The van der Waals surface area contributed by atoms with Gasteiger partial charge < -0.3 is 0 Å². The largest absolute Gasteiger partial charge is 0.285 e. The van der Waals surface area contributed by atoms with Gasteiger partial charge in [0.1, 0.15) is 0 Å². The molecule has 0 aromatic carbocycles. The summed E-state index contributed by atoms with van der Waals surface area (Å²) in [6.07, 6.45) is 8.40. The molecular weight excluding hydrogens is 208 g/mol. The van der Waals surface area contributed by atoms with Crippen molar-refractivity contribution >= 4 is 0 Å². The molecule has 0 bridgehead atoms. The molecule has 100 valence electrons. The molecule has 17 heavy (non-hydrogen) atoms. The third-order valence-corrected chi connectivity index (χ3v) is 5.08. The van der Waals surface area contributed by atoms with Crippen molar-refractivity contribution in [3.63, 3.8) is 0 Å². The number of piperidine rings is 2. The maximum Gasteiger partial charge on any atom is 0.0516 e. The highest BCUT2D eigenvalue weighted by Gasteiger charge is 2.31. The SMILES string of the molecule is CC1CCCC(C)N1CN1C(C)CCCC1C. The zero-order valence-electron chi connectivity index (χ0n) is 12.2. The lowest BCUT2D eigenvalue weighted by atomic mass is 9.96. The Morgan fingerprint density at radius 2 is 0.941 bits per heavy atom. The standard InChI is InChI=1S/C15H30N2/c1-12-7-5-8-13(2)16(12)11-17-14(3)9-6-10-15(17)4/h12-15H,5-11H2,1-4H3. The smallest absolute Gasteiger partial charge is 0.0516 e. The predicted molar refractivity (Wildman–Crippen MR) is 74.1 cm³/mol. The molecule has 0 N–H and O–H groups in total. The van der Waals surface area contributed by atoms with Crippen molar-refractivity contribution in [2.24, 2.45) is 0 Å². The molecule has 0 amide bonds. The maximum atomic E-state index is 2.74. The second-order valence-electron chi connectivity index (χ2n) is 6.43. The fraction of sp³-hybridized carbons (Fsp3) is 1.00. The first-order valence-corrected chi connectivity index (χ1v) is 7.61. The van der Waals surface area contributed by atoms with E-state index in [4.69, 9.17) is 0 Å². The molecule has 0 aromatic heterocycles. The van der Waals surface area contributed by atoms with Gasteiger partial charge in [0.25, 0.3) is 0 Å². The summed E-state index contributed by atoms with van der Waals surface area (Å²) >= 11 is 0. The topological polar surface area (TPSA) is 6.48 Å². The molecule has 4 atom stereocenters. The molecular formula is C15H30N2. The minimum absolute atomic E-state index is 0.778. The van der Waals surface area contributed by atoms with Crippen LogP contribution in [0.5, 0.6) is 0 Å². The van der Waals surface area contributed by atoms with Gasteiger partial charge in [0, 0.05) is 24.2 Å². The lowest BCUT2D eigenvalue weighted by Crippen LogP contribution is -2.54. The van der Waals surface area contributed by atoms with Gasteiger partial charge in [-0.2, -0.15) is 0 Å². The Balaban J connectivity index is 1.97. The molecule has 2 nitrogen and oxygen atoms in total. The van der Waals surface area contributed by atoms with Crippen LogP contribution in [0.1, 0.15) is 66.2 Å². The van der Waals surface area contributed by atoms with E-state index in [0.717, 1.165) is 24.2 Å². The van der Waals surface area contributed by atoms with Gasteiger partial charge in [-0.15, -0.1) is 0 Å². The lowest BCUT2D eigenvalue weighted by molar-refractivity contribution is -0.0133. The van der Waals surface area contributed by atoms with Crippen LogP contribution in [0.4, 0.5) is 0 Å². The second-order valence-corrected chi connectivity index (χ2v) is 6.43. The summed E-state index contributed by atoms with van der Waals surface area (Å²) in [5.74, 6) is 0. The molecule has 0 aromatic rings. The normalized spacial score (nSPS) is 41.6. The van der Waals surface area contributed by atoms with Gasteiger partial charge >= 0.3 is 0 Å². The number of likely N-dealkylation sites (tertiary alicyclic amines) is 2. The fourth-order valence-electron chi connectivity index (χ4n) is 3.70. The quantitative estimate of drug-likeness (QED) is 0.727.